The highest BCUT2D eigenvalue weighted by molar-refractivity contribution is 7.90. The lowest BCUT2D eigenvalue weighted by Gasteiger charge is -2.33. The van der Waals surface area contributed by atoms with Gasteiger partial charge in [0.05, 0.1) is 16.5 Å². The summed E-state index contributed by atoms with van der Waals surface area (Å²) < 4.78 is 23.7. The Hall–Kier alpha value is -1.27. The summed E-state index contributed by atoms with van der Waals surface area (Å²) in [6.07, 6.45) is 2.18. The molecule has 0 saturated carbocycles. The normalized spacial score (nSPS) is 17.2. The van der Waals surface area contributed by atoms with E-state index in [1.807, 2.05) is 4.90 Å². The zero-order valence-corrected chi connectivity index (χ0v) is 12.6. The maximum Gasteiger partial charge on any atom is 0.306 e. The summed E-state index contributed by atoms with van der Waals surface area (Å²) in [5.74, 6) is -1.13. The average Bonchev–Trinajstić information content (AvgIpc) is 2.38. The van der Waals surface area contributed by atoms with E-state index in [9.17, 15) is 13.2 Å². The first-order valence-electron chi connectivity index (χ1n) is 6.26. The Kier molecular flexibility index (Phi) is 4.25. The van der Waals surface area contributed by atoms with E-state index in [0.717, 1.165) is 6.26 Å². The number of aliphatic carboxylic acids is 1. The molecule has 1 heterocycles. The van der Waals surface area contributed by atoms with Crippen LogP contribution in [0, 0.1) is 5.92 Å². The van der Waals surface area contributed by atoms with Gasteiger partial charge >= 0.3 is 5.97 Å². The lowest BCUT2D eigenvalue weighted by atomic mass is 9.97. The second kappa shape index (κ2) is 5.61. The van der Waals surface area contributed by atoms with Crippen LogP contribution in [0.3, 0.4) is 0 Å². The van der Waals surface area contributed by atoms with Crippen molar-refractivity contribution in [3.63, 3.8) is 0 Å². The number of nitrogens with zero attached hydrogens (tertiary/aromatic N) is 1. The van der Waals surface area contributed by atoms with Gasteiger partial charge in [0.1, 0.15) is 0 Å². The van der Waals surface area contributed by atoms with E-state index >= 15 is 0 Å². The van der Waals surface area contributed by atoms with Crippen molar-refractivity contribution >= 4 is 33.1 Å². The molecule has 0 aliphatic carbocycles. The van der Waals surface area contributed by atoms with Crippen LogP contribution in [0.15, 0.2) is 23.1 Å². The third-order valence-electron chi connectivity index (χ3n) is 3.51. The molecule has 1 aliphatic rings. The number of carboxylic acids is 1. The van der Waals surface area contributed by atoms with Gasteiger partial charge in [-0.05, 0) is 31.0 Å². The Labute approximate surface area is 123 Å². The highest BCUT2D eigenvalue weighted by Crippen LogP contribution is 2.31. The van der Waals surface area contributed by atoms with Crippen molar-refractivity contribution in [1.82, 2.24) is 0 Å². The summed E-state index contributed by atoms with van der Waals surface area (Å²) in [4.78, 5) is 13.0. The number of carboxylic acid groups (broad SMARTS) is 1. The first-order valence-corrected chi connectivity index (χ1v) is 8.53. The van der Waals surface area contributed by atoms with Crippen molar-refractivity contribution < 1.29 is 18.3 Å². The molecule has 5 nitrogen and oxygen atoms in total. The molecule has 1 N–H and O–H groups in total. The van der Waals surface area contributed by atoms with Crippen LogP contribution in [0.25, 0.3) is 0 Å². The summed E-state index contributed by atoms with van der Waals surface area (Å²) in [5.41, 5.74) is 0.598. The van der Waals surface area contributed by atoms with Crippen LogP contribution in [-0.2, 0) is 14.6 Å². The van der Waals surface area contributed by atoms with Crippen LogP contribution in [0.5, 0.6) is 0 Å². The van der Waals surface area contributed by atoms with E-state index in [1.165, 1.54) is 6.07 Å². The van der Waals surface area contributed by atoms with E-state index in [2.05, 4.69) is 0 Å². The number of halogens is 1. The van der Waals surface area contributed by atoms with Gasteiger partial charge in [-0.2, -0.15) is 0 Å². The van der Waals surface area contributed by atoms with Gasteiger partial charge in [0, 0.05) is 24.4 Å². The fourth-order valence-electron chi connectivity index (χ4n) is 2.41. The fraction of sp³-hybridized carbons (Fsp3) is 0.462. The predicted octanol–water partition coefficient (Wildman–Crippen LogP) is 2.04. The molecular weight excluding hydrogens is 302 g/mol. The van der Waals surface area contributed by atoms with Crippen molar-refractivity contribution in [2.24, 2.45) is 5.92 Å². The third kappa shape index (κ3) is 3.24. The van der Waals surface area contributed by atoms with E-state index in [0.29, 0.717) is 36.6 Å². The minimum atomic E-state index is -3.38. The quantitative estimate of drug-likeness (QED) is 0.923. The number of anilines is 1. The second-order valence-electron chi connectivity index (χ2n) is 4.98. The van der Waals surface area contributed by atoms with E-state index < -0.39 is 15.8 Å². The summed E-state index contributed by atoms with van der Waals surface area (Å²) in [7, 11) is -3.38. The molecule has 7 heteroatoms. The minimum Gasteiger partial charge on any atom is -0.481 e. The van der Waals surface area contributed by atoms with Crippen LogP contribution in [-0.4, -0.2) is 38.8 Å². The number of hydrogen-bond acceptors (Lipinski definition) is 4. The molecule has 1 saturated heterocycles. The van der Waals surface area contributed by atoms with Crippen LogP contribution in [0.2, 0.25) is 5.02 Å². The summed E-state index contributed by atoms with van der Waals surface area (Å²) in [6, 6.07) is 4.77. The van der Waals surface area contributed by atoms with Crippen LogP contribution < -0.4 is 4.90 Å². The van der Waals surface area contributed by atoms with Gasteiger partial charge < -0.3 is 10.0 Å². The molecule has 0 radical (unpaired) electrons. The van der Waals surface area contributed by atoms with Gasteiger partial charge in [-0.3, -0.25) is 4.79 Å². The first kappa shape index (κ1) is 15.1. The molecule has 1 fully saturated rings. The Morgan fingerprint density at radius 3 is 2.45 bits per heavy atom. The Bertz CT molecular complexity index is 621. The summed E-state index contributed by atoms with van der Waals surface area (Å²) >= 11 is 5.87. The average molecular weight is 318 g/mol. The molecule has 0 spiro atoms. The maximum absolute atomic E-state index is 11.8. The summed E-state index contributed by atoms with van der Waals surface area (Å²) in [6.45, 7) is 1.06. The SMILES string of the molecule is CS(=O)(=O)c1cc(Cl)ccc1N1CCC(C(=O)O)CC1. The van der Waals surface area contributed by atoms with Gasteiger partial charge in [0.25, 0.3) is 0 Å². The molecule has 0 aromatic heterocycles. The largest absolute Gasteiger partial charge is 0.481 e. The maximum atomic E-state index is 11.8. The Morgan fingerprint density at radius 2 is 1.95 bits per heavy atom. The number of benzene rings is 1. The van der Waals surface area contributed by atoms with E-state index in [4.69, 9.17) is 16.7 Å². The van der Waals surface area contributed by atoms with Crippen molar-refractivity contribution in [3.8, 4) is 0 Å². The monoisotopic (exact) mass is 317 g/mol. The van der Waals surface area contributed by atoms with Crippen molar-refractivity contribution in [2.45, 2.75) is 17.7 Å². The number of piperidine rings is 1. The van der Waals surface area contributed by atoms with Crippen LogP contribution in [0.1, 0.15) is 12.8 Å². The van der Waals surface area contributed by atoms with Crippen molar-refractivity contribution in [2.75, 3.05) is 24.2 Å². The molecule has 1 aliphatic heterocycles. The standard InChI is InChI=1S/C13H16ClNO4S/c1-20(18,19)12-8-10(14)2-3-11(12)15-6-4-9(5-7-15)13(16)17/h2-3,8-9H,4-7H2,1H3,(H,16,17). The molecule has 0 bridgehead atoms. The molecular formula is C13H16ClNO4S. The van der Waals surface area contributed by atoms with Crippen molar-refractivity contribution in [1.29, 1.82) is 0 Å². The van der Waals surface area contributed by atoms with Crippen LogP contribution >= 0.6 is 11.6 Å². The molecule has 1 aromatic carbocycles. The van der Waals surface area contributed by atoms with E-state index in [-0.39, 0.29) is 10.8 Å². The molecule has 2 rings (SSSR count). The third-order valence-corrected chi connectivity index (χ3v) is 4.87. The smallest absolute Gasteiger partial charge is 0.306 e. The van der Waals surface area contributed by atoms with Gasteiger partial charge in [0.15, 0.2) is 9.84 Å². The van der Waals surface area contributed by atoms with Crippen LogP contribution in [0.4, 0.5) is 5.69 Å². The number of sulfone groups is 1. The highest BCUT2D eigenvalue weighted by atomic mass is 35.5. The fourth-order valence-corrected chi connectivity index (χ4v) is 3.57. The zero-order valence-electron chi connectivity index (χ0n) is 11.0. The molecule has 1 aromatic rings. The first-order chi connectivity index (χ1) is 9.29. The highest BCUT2D eigenvalue weighted by Gasteiger charge is 2.27. The molecule has 110 valence electrons. The van der Waals surface area contributed by atoms with Gasteiger partial charge in [-0.25, -0.2) is 8.42 Å². The lowest BCUT2D eigenvalue weighted by Crippen LogP contribution is -2.37. The second-order valence-corrected chi connectivity index (χ2v) is 7.40. The van der Waals surface area contributed by atoms with Crippen molar-refractivity contribution in [3.05, 3.63) is 23.2 Å². The minimum absolute atomic E-state index is 0.193. The predicted molar refractivity (Wildman–Crippen MR) is 77.1 cm³/mol. The molecule has 0 unspecified atom stereocenters. The molecule has 0 amide bonds. The van der Waals surface area contributed by atoms with E-state index in [1.54, 1.807) is 12.1 Å². The zero-order chi connectivity index (χ0) is 14.9. The lowest BCUT2D eigenvalue weighted by molar-refractivity contribution is -0.142. The number of rotatable bonds is 3. The van der Waals surface area contributed by atoms with Gasteiger partial charge in [-0.15, -0.1) is 0 Å². The number of hydrogen-bond donors (Lipinski definition) is 1. The number of carbonyl (C=O) groups is 1. The molecule has 20 heavy (non-hydrogen) atoms. The van der Waals surface area contributed by atoms with Gasteiger partial charge in [0.2, 0.25) is 0 Å². The topological polar surface area (TPSA) is 74.7 Å². The Balaban J connectivity index is 2.29. The molecule has 0 atom stereocenters. The summed E-state index contributed by atoms with van der Waals surface area (Å²) in [5, 5.41) is 9.35. The van der Waals surface area contributed by atoms with Gasteiger partial charge in [-0.1, -0.05) is 11.6 Å². The Morgan fingerprint density at radius 1 is 1.35 bits per heavy atom.